The summed E-state index contributed by atoms with van der Waals surface area (Å²) in [5, 5.41) is 0. The molecule has 0 spiro atoms. The topological polar surface area (TPSA) is 35.5 Å². The molecule has 0 aromatic heterocycles. The molecular formula is C12H20O3. The normalized spacial score (nSPS) is 19.8. The summed E-state index contributed by atoms with van der Waals surface area (Å²) in [5.74, 6) is 0.201. The molecule has 0 N–H and O–H groups in total. The summed E-state index contributed by atoms with van der Waals surface area (Å²) in [6.07, 6.45) is 4.42. The number of ether oxygens (including phenoxy) is 2. The Morgan fingerprint density at radius 3 is 2.73 bits per heavy atom. The van der Waals surface area contributed by atoms with Crippen molar-refractivity contribution in [3.63, 3.8) is 0 Å². The quantitative estimate of drug-likeness (QED) is 0.632. The Balaban J connectivity index is 2.61. The van der Waals surface area contributed by atoms with Gasteiger partial charge in [-0.15, -0.1) is 6.58 Å². The molecule has 0 amide bonds. The zero-order valence-corrected chi connectivity index (χ0v) is 9.46. The Morgan fingerprint density at radius 2 is 2.20 bits per heavy atom. The summed E-state index contributed by atoms with van der Waals surface area (Å²) < 4.78 is 10.9. The zero-order chi connectivity index (χ0) is 11.1. The van der Waals surface area contributed by atoms with E-state index in [1.807, 2.05) is 6.92 Å². The highest BCUT2D eigenvalue weighted by molar-refractivity contribution is 5.87. The molecule has 3 heteroatoms. The standard InChI is InChI=1S/C12H20O3/c1-3-5-6-11(13)12(15-4-2)7-9-14-10-8-12/h3H,1,4-10H2,2H3. The molecule has 1 rings (SSSR count). The van der Waals surface area contributed by atoms with Gasteiger partial charge in [-0.05, 0) is 13.3 Å². The number of Topliss-reactive ketones (excluding diaryl/α,β-unsaturated/α-hetero) is 1. The maximum Gasteiger partial charge on any atom is 0.165 e. The SMILES string of the molecule is C=CCCC(=O)C1(OCC)CCOCC1. The minimum atomic E-state index is -0.573. The van der Waals surface area contributed by atoms with Gasteiger partial charge in [0.1, 0.15) is 5.60 Å². The van der Waals surface area contributed by atoms with Gasteiger partial charge in [-0.1, -0.05) is 6.08 Å². The molecule has 86 valence electrons. The zero-order valence-electron chi connectivity index (χ0n) is 9.46. The van der Waals surface area contributed by atoms with Crippen molar-refractivity contribution in [3.8, 4) is 0 Å². The Hall–Kier alpha value is -0.670. The fourth-order valence-electron chi connectivity index (χ4n) is 1.94. The van der Waals surface area contributed by atoms with E-state index in [0.717, 1.165) is 6.42 Å². The van der Waals surface area contributed by atoms with E-state index in [2.05, 4.69) is 6.58 Å². The second-order valence-corrected chi connectivity index (χ2v) is 3.79. The van der Waals surface area contributed by atoms with Crippen molar-refractivity contribution in [3.05, 3.63) is 12.7 Å². The van der Waals surface area contributed by atoms with E-state index in [-0.39, 0.29) is 5.78 Å². The van der Waals surface area contributed by atoms with Crippen molar-refractivity contribution in [2.24, 2.45) is 0 Å². The lowest BCUT2D eigenvalue weighted by Crippen LogP contribution is -2.46. The maximum atomic E-state index is 12.0. The average Bonchev–Trinajstić information content (AvgIpc) is 2.27. The van der Waals surface area contributed by atoms with E-state index in [0.29, 0.717) is 39.1 Å². The summed E-state index contributed by atoms with van der Waals surface area (Å²) in [6, 6.07) is 0. The smallest absolute Gasteiger partial charge is 0.165 e. The number of carbonyl (C=O) groups excluding carboxylic acids is 1. The third-order valence-electron chi connectivity index (χ3n) is 2.80. The molecule has 0 aliphatic carbocycles. The Morgan fingerprint density at radius 1 is 1.53 bits per heavy atom. The Labute approximate surface area is 91.4 Å². The van der Waals surface area contributed by atoms with Crippen LogP contribution in [0.1, 0.15) is 32.6 Å². The second-order valence-electron chi connectivity index (χ2n) is 3.79. The Bertz CT molecular complexity index is 211. The third kappa shape index (κ3) is 3.14. The molecule has 0 radical (unpaired) electrons. The van der Waals surface area contributed by atoms with Gasteiger partial charge < -0.3 is 9.47 Å². The first-order valence-corrected chi connectivity index (χ1v) is 5.61. The fraction of sp³-hybridized carbons (Fsp3) is 0.750. The van der Waals surface area contributed by atoms with Crippen LogP contribution in [0.25, 0.3) is 0 Å². The van der Waals surface area contributed by atoms with Crippen LogP contribution in [-0.4, -0.2) is 31.2 Å². The molecule has 1 heterocycles. The summed E-state index contributed by atoms with van der Waals surface area (Å²) in [7, 11) is 0. The van der Waals surface area contributed by atoms with E-state index in [9.17, 15) is 4.79 Å². The van der Waals surface area contributed by atoms with Gasteiger partial charge in [0.15, 0.2) is 5.78 Å². The predicted molar refractivity (Wildman–Crippen MR) is 58.8 cm³/mol. The third-order valence-corrected chi connectivity index (χ3v) is 2.80. The highest BCUT2D eigenvalue weighted by Crippen LogP contribution is 2.28. The van der Waals surface area contributed by atoms with E-state index in [1.54, 1.807) is 6.08 Å². The summed E-state index contributed by atoms with van der Waals surface area (Å²) in [5.41, 5.74) is -0.573. The molecular weight excluding hydrogens is 192 g/mol. The largest absolute Gasteiger partial charge is 0.381 e. The molecule has 1 aliphatic rings. The molecule has 1 saturated heterocycles. The fourth-order valence-corrected chi connectivity index (χ4v) is 1.94. The average molecular weight is 212 g/mol. The first-order valence-electron chi connectivity index (χ1n) is 5.61. The van der Waals surface area contributed by atoms with Crippen LogP contribution in [-0.2, 0) is 14.3 Å². The van der Waals surface area contributed by atoms with Crippen molar-refractivity contribution in [2.75, 3.05) is 19.8 Å². The first-order chi connectivity index (χ1) is 7.25. The molecule has 3 nitrogen and oxygen atoms in total. The highest BCUT2D eigenvalue weighted by atomic mass is 16.5. The van der Waals surface area contributed by atoms with Gasteiger partial charge in [0.2, 0.25) is 0 Å². The van der Waals surface area contributed by atoms with Crippen LogP contribution >= 0.6 is 0 Å². The van der Waals surface area contributed by atoms with Crippen molar-refractivity contribution in [2.45, 2.75) is 38.2 Å². The molecule has 15 heavy (non-hydrogen) atoms. The van der Waals surface area contributed by atoms with Crippen molar-refractivity contribution in [1.82, 2.24) is 0 Å². The lowest BCUT2D eigenvalue weighted by molar-refractivity contribution is -0.157. The number of carbonyl (C=O) groups is 1. The monoisotopic (exact) mass is 212 g/mol. The van der Waals surface area contributed by atoms with Gasteiger partial charge in [-0.3, -0.25) is 4.79 Å². The van der Waals surface area contributed by atoms with Gasteiger partial charge in [-0.2, -0.15) is 0 Å². The van der Waals surface area contributed by atoms with Crippen LogP contribution < -0.4 is 0 Å². The van der Waals surface area contributed by atoms with Gasteiger partial charge >= 0.3 is 0 Å². The van der Waals surface area contributed by atoms with Crippen molar-refractivity contribution >= 4 is 5.78 Å². The number of hydrogen-bond donors (Lipinski definition) is 0. The first kappa shape index (κ1) is 12.4. The van der Waals surface area contributed by atoms with E-state index in [1.165, 1.54) is 0 Å². The van der Waals surface area contributed by atoms with Crippen LogP contribution in [0.3, 0.4) is 0 Å². The van der Waals surface area contributed by atoms with Crippen molar-refractivity contribution in [1.29, 1.82) is 0 Å². The molecule has 0 unspecified atom stereocenters. The maximum absolute atomic E-state index is 12.0. The Kier molecular flexibility index (Phi) is 4.99. The molecule has 0 aromatic carbocycles. The van der Waals surface area contributed by atoms with Gasteiger partial charge in [-0.25, -0.2) is 0 Å². The summed E-state index contributed by atoms with van der Waals surface area (Å²) in [4.78, 5) is 12.0. The van der Waals surface area contributed by atoms with E-state index < -0.39 is 5.60 Å². The van der Waals surface area contributed by atoms with Crippen molar-refractivity contribution < 1.29 is 14.3 Å². The van der Waals surface area contributed by atoms with E-state index in [4.69, 9.17) is 9.47 Å². The predicted octanol–water partition coefficient (Wildman–Crippen LogP) is 2.11. The van der Waals surface area contributed by atoms with Crippen LogP contribution in [0.2, 0.25) is 0 Å². The van der Waals surface area contributed by atoms with Crippen LogP contribution in [0.4, 0.5) is 0 Å². The highest BCUT2D eigenvalue weighted by Gasteiger charge is 2.39. The number of ketones is 1. The van der Waals surface area contributed by atoms with Crippen LogP contribution in [0.15, 0.2) is 12.7 Å². The van der Waals surface area contributed by atoms with Crippen LogP contribution in [0.5, 0.6) is 0 Å². The lowest BCUT2D eigenvalue weighted by Gasteiger charge is -2.35. The van der Waals surface area contributed by atoms with Gasteiger partial charge in [0, 0.05) is 39.1 Å². The van der Waals surface area contributed by atoms with Crippen LogP contribution in [0, 0.1) is 0 Å². The molecule has 0 aromatic rings. The molecule has 1 aliphatic heterocycles. The molecule has 0 atom stereocenters. The number of hydrogen-bond acceptors (Lipinski definition) is 3. The minimum Gasteiger partial charge on any atom is -0.381 e. The molecule has 0 bridgehead atoms. The number of rotatable bonds is 6. The summed E-state index contributed by atoms with van der Waals surface area (Å²) >= 11 is 0. The summed E-state index contributed by atoms with van der Waals surface area (Å²) in [6.45, 7) is 7.39. The molecule has 0 saturated carbocycles. The van der Waals surface area contributed by atoms with Gasteiger partial charge in [0.05, 0.1) is 0 Å². The lowest BCUT2D eigenvalue weighted by atomic mass is 9.87. The van der Waals surface area contributed by atoms with E-state index >= 15 is 0 Å². The van der Waals surface area contributed by atoms with Gasteiger partial charge in [0.25, 0.3) is 0 Å². The second kappa shape index (κ2) is 6.03. The number of allylic oxidation sites excluding steroid dienone is 1. The molecule has 1 fully saturated rings. The minimum absolute atomic E-state index is 0.201.